The lowest BCUT2D eigenvalue weighted by Crippen LogP contribution is -2.25. The first-order chi connectivity index (χ1) is 8.50. The number of carbonyl (C=O) groups is 2. The van der Waals surface area contributed by atoms with Crippen LogP contribution in [-0.2, 0) is 4.79 Å². The molecule has 18 heavy (non-hydrogen) atoms. The Hall–Kier alpha value is -2.11. The monoisotopic (exact) mass is 251 g/mol. The fraction of sp³-hybridized carbons (Fsp3) is 0.417. The Labute approximate surface area is 106 Å². The molecule has 2 N–H and O–H groups in total. The maximum absolute atomic E-state index is 11.7. The smallest absolute Gasteiger partial charge is 0.303 e. The van der Waals surface area contributed by atoms with E-state index in [1.165, 1.54) is 6.20 Å². The first kappa shape index (κ1) is 14.0. The van der Waals surface area contributed by atoms with E-state index in [0.29, 0.717) is 18.5 Å². The molecule has 6 heteroatoms. The van der Waals surface area contributed by atoms with E-state index >= 15 is 0 Å². The van der Waals surface area contributed by atoms with Crippen molar-refractivity contribution in [2.45, 2.75) is 12.8 Å². The molecule has 0 aliphatic heterocycles. The lowest BCUT2D eigenvalue weighted by Gasteiger charge is -2.11. The summed E-state index contributed by atoms with van der Waals surface area (Å²) in [7, 11) is 3.74. The summed E-state index contributed by atoms with van der Waals surface area (Å²) < 4.78 is 0. The van der Waals surface area contributed by atoms with Crippen LogP contribution in [0.5, 0.6) is 0 Å². The molecule has 0 atom stereocenters. The third kappa shape index (κ3) is 4.40. The number of amides is 1. The van der Waals surface area contributed by atoms with E-state index in [1.54, 1.807) is 12.1 Å². The molecule has 6 nitrogen and oxygen atoms in total. The van der Waals surface area contributed by atoms with Gasteiger partial charge in [0, 0.05) is 33.3 Å². The number of hydrogen-bond acceptors (Lipinski definition) is 4. The zero-order valence-electron chi connectivity index (χ0n) is 10.5. The number of pyridine rings is 1. The lowest BCUT2D eigenvalue weighted by molar-refractivity contribution is -0.137. The van der Waals surface area contributed by atoms with E-state index in [4.69, 9.17) is 5.11 Å². The van der Waals surface area contributed by atoms with E-state index in [2.05, 4.69) is 10.3 Å². The molecule has 0 radical (unpaired) electrons. The minimum Gasteiger partial charge on any atom is -0.481 e. The zero-order valence-corrected chi connectivity index (χ0v) is 10.5. The summed E-state index contributed by atoms with van der Waals surface area (Å²) in [6.07, 6.45) is 1.98. The standard InChI is InChI=1S/C12H17N3O3/c1-15(2)10-6-5-9(8-14-10)12(18)13-7-3-4-11(16)17/h5-6,8H,3-4,7H2,1-2H3,(H,13,18)(H,16,17). The van der Waals surface area contributed by atoms with Gasteiger partial charge in [0.05, 0.1) is 5.56 Å². The topological polar surface area (TPSA) is 82.5 Å². The molecule has 0 unspecified atom stereocenters. The van der Waals surface area contributed by atoms with E-state index in [0.717, 1.165) is 5.82 Å². The fourth-order valence-electron chi connectivity index (χ4n) is 1.33. The van der Waals surface area contributed by atoms with Crippen LogP contribution in [0.2, 0.25) is 0 Å². The number of nitrogens with zero attached hydrogens (tertiary/aromatic N) is 2. The van der Waals surface area contributed by atoms with Gasteiger partial charge >= 0.3 is 5.97 Å². The van der Waals surface area contributed by atoms with Gasteiger partial charge in [0.25, 0.3) is 5.91 Å². The zero-order chi connectivity index (χ0) is 13.5. The third-order valence-corrected chi connectivity index (χ3v) is 2.32. The highest BCUT2D eigenvalue weighted by Crippen LogP contribution is 2.07. The maximum Gasteiger partial charge on any atom is 0.303 e. The van der Waals surface area contributed by atoms with E-state index < -0.39 is 5.97 Å². The SMILES string of the molecule is CN(C)c1ccc(C(=O)NCCCC(=O)O)cn1. The maximum atomic E-state index is 11.7. The molecule has 1 heterocycles. The summed E-state index contributed by atoms with van der Waals surface area (Å²) in [5.41, 5.74) is 0.468. The number of carbonyl (C=O) groups excluding carboxylic acids is 1. The minimum absolute atomic E-state index is 0.0537. The molecule has 1 aromatic heterocycles. The molecule has 1 aromatic rings. The summed E-state index contributed by atoms with van der Waals surface area (Å²) in [5.74, 6) is -0.322. The van der Waals surface area contributed by atoms with Gasteiger partial charge in [-0.1, -0.05) is 0 Å². The Bertz CT molecular complexity index is 415. The van der Waals surface area contributed by atoms with Crippen LogP contribution >= 0.6 is 0 Å². The van der Waals surface area contributed by atoms with E-state index in [-0.39, 0.29) is 12.3 Å². The average Bonchev–Trinajstić information content (AvgIpc) is 2.34. The normalized spacial score (nSPS) is 9.89. The third-order valence-electron chi connectivity index (χ3n) is 2.32. The predicted molar refractivity (Wildman–Crippen MR) is 67.8 cm³/mol. The second kappa shape index (κ2) is 6.58. The van der Waals surface area contributed by atoms with Gasteiger partial charge in [0.15, 0.2) is 0 Å². The first-order valence-electron chi connectivity index (χ1n) is 5.64. The molecule has 0 aromatic carbocycles. The Kier molecular flexibility index (Phi) is 5.10. The van der Waals surface area contributed by atoms with Gasteiger partial charge in [0.1, 0.15) is 5.82 Å². The van der Waals surface area contributed by atoms with E-state index in [9.17, 15) is 9.59 Å². The van der Waals surface area contributed by atoms with Crippen molar-refractivity contribution in [3.63, 3.8) is 0 Å². The molecule has 98 valence electrons. The average molecular weight is 251 g/mol. The predicted octanol–water partition coefficient (Wildman–Crippen LogP) is 0.742. The highest BCUT2D eigenvalue weighted by atomic mass is 16.4. The summed E-state index contributed by atoms with van der Waals surface area (Å²) >= 11 is 0. The van der Waals surface area contributed by atoms with Gasteiger partial charge in [0.2, 0.25) is 0 Å². The second-order valence-corrected chi connectivity index (χ2v) is 4.05. The summed E-state index contributed by atoms with van der Waals surface area (Å²) in [6.45, 7) is 0.348. The molecule has 1 rings (SSSR count). The van der Waals surface area contributed by atoms with Crippen LogP contribution in [-0.4, -0.2) is 42.6 Å². The van der Waals surface area contributed by atoms with Crippen LogP contribution in [0.1, 0.15) is 23.2 Å². The van der Waals surface area contributed by atoms with Gasteiger partial charge in [-0.3, -0.25) is 9.59 Å². The van der Waals surface area contributed by atoms with Gasteiger partial charge in [-0.25, -0.2) is 4.98 Å². The van der Waals surface area contributed by atoms with Crippen LogP contribution < -0.4 is 10.2 Å². The summed E-state index contributed by atoms with van der Waals surface area (Å²) in [6, 6.07) is 3.45. The number of nitrogens with one attached hydrogen (secondary N) is 1. The molecule has 0 fully saturated rings. The Balaban J connectivity index is 2.44. The Morgan fingerprint density at radius 2 is 2.11 bits per heavy atom. The molecule has 0 aliphatic carbocycles. The number of anilines is 1. The first-order valence-corrected chi connectivity index (χ1v) is 5.64. The van der Waals surface area contributed by atoms with Crippen LogP contribution in [0.4, 0.5) is 5.82 Å². The molecular weight excluding hydrogens is 234 g/mol. The highest BCUT2D eigenvalue weighted by molar-refractivity contribution is 5.94. The number of carboxylic acid groups (broad SMARTS) is 1. The minimum atomic E-state index is -0.860. The van der Waals surface area contributed by atoms with Crippen molar-refractivity contribution in [2.24, 2.45) is 0 Å². The fourth-order valence-corrected chi connectivity index (χ4v) is 1.33. The molecule has 0 spiro atoms. The Morgan fingerprint density at radius 3 is 2.61 bits per heavy atom. The lowest BCUT2D eigenvalue weighted by atomic mass is 10.2. The number of aromatic nitrogens is 1. The summed E-state index contributed by atoms with van der Waals surface area (Å²) in [4.78, 5) is 27.9. The molecular formula is C12H17N3O3. The molecule has 0 bridgehead atoms. The second-order valence-electron chi connectivity index (χ2n) is 4.05. The van der Waals surface area contributed by atoms with Crippen molar-refractivity contribution in [3.05, 3.63) is 23.9 Å². The molecule has 1 amide bonds. The number of rotatable bonds is 6. The van der Waals surface area contributed by atoms with Crippen molar-refractivity contribution in [3.8, 4) is 0 Å². The van der Waals surface area contributed by atoms with Crippen LogP contribution in [0.25, 0.3) is 0 Å². The number of hydrogen-bond donors (Lipinski definition) is 2. The van der Waals surface area contributed by atoms with E-state index in [1.807, 2.05) is 19.0 Å². The molecule has 0 saturated carbocycles. The van der Waals surface area contributed by atoms with Crippen molar-refractivity contribution < 1.29 is 14.7 Å². The van der Waals surface area contributed by atoms with Gasteiger partial charge < -0.3 is 15.3 Å². The quantitative estimate of drug-likeness (QED) is 0.729. The molecule has 0 saturated heterocycles. The van der Waals surface area contributed by atoms with Crippen LogP contribution in [0.15, 0.2) is 18.3 Å². The van der Waals surface area contributed by atoms with Crippen molar-refractivity contribution in [1.82, 2.24) is 10.3 Å². The number of aliphatic carboxylic acids is 1. The van der Waals surface area contributed by atoms with Crippen molar-refractivity contribution in [2.75, 3.05) is 25.5 Å². The van der Waals surface area contributed by atoms with Crippen LogP contribution in [0, 0.1) is 0 Å². The largest absolute Gasteiger partial charge is 0.481 e. The van der Waals surface area contributed by atoms with Gasteiger partial charge in [-0.05, 0) is 18.6 Å². The van der Waals surface area contributed by atoms with Gasteiger partial charge in [-0.15, -0.1) is 0 Å². The number of carboxylic acids is 1. The summed E-state index contributed by atoms with van der Waals surface area (Å²) in [5, 5.41) is 11.1. The Morgan fingerprint density at radius 1 is 1.39 bits per heavy atom. The molecule has 0 aliphatic rings. The highest BCUT2D eigenvalue weighted by Gasteiger charge is 2.06. The van der Waals surface area contributed by atoms with Gasteiger partial charge in [-0.2, -0.15) is 0 Å². The van der Waals surface area contributed by atoms with Crippen LogP contribution in [0.3, 0.4) is 0 Å². The van der Waals surface area contributed by atoms with Crippen molar-refractivity contribution in [1.29, 1.82) is 0 Å². The van der Waals surface area contributed by atoms with Crippen molar-refractivity contribution >= 4 is 17.7 Å².